The van der Waals surface area contributed by atoms with Gasteiger partial charge >= 0.3 is 12.1 Å². The van der Waals surface area contributed by atoms with Crippen LogP contribution in [0.15, 0.2) is 36.8 Å². The summed E-state index contributed by atoms with van der Waals surface area (Å²) in [7, 11) is 0. The predicted octanol–water partition coefficient (Wildman–Crippen LogP) is 2.68. The molecule has 6 nitrogen and oxygen atoms in total. The van der Waals surface area contributed by atoms with Crippen molar-refractivity contribution in [3.8, 4) is 11.3 Å². The lowest BCUT2D eigenvalue weighted by Gasteiger charge is -2.16. The van der Waals surface area contributed by atoms with Gasteiger partial charge in [0.25, 0.3) is 0 Å². The number of alkyl halides is 3. The number of carboxylic acids is 1. The maximum atomic E-state index is 13.5. The average molecular weight is 364 g/mol. The first-order valence-electron chi connectivity index (χ1n) is 7.66. The molecule has 3 rings (SSSR count). The largest absolute Gasteiger partial charge is 0.480 e. The van der Waals surface area contributed by atoms with E-state index in [1.807, 2.05) is 0 Å². The molecule has 9 heteroatoms. The van der Waals surface area contributed by atoms with E-state index in [4.69, 9.17) is 10.8 Å². The number of aliphatic carboxylic acids is 1. The van der Waals surface area contributed by atoms with Crippen LogP contribution in [0.3, 0.4) is 0 Å². The van der Waals surface area contributed by atoms with Gasteiger partial charge in [-0.05, 0) is 30.7 Å². The summed E-state index contributed by atoms with van der Waals surface area (Å²) in [6.07, 6.45) is -0.269. The van der Waals surface area contributed by atoms with Gasteiger partial charge < -0.3 is 15.2 Å². The number of nitrogens with two attached hydrogens (primary N) is 1. The molecule has 3 heterocycles. The molecular weight excluding hydrogens is 349 g/mol. The molecule has 0 aliphatic heterocycles. The third kappa shape index (κ3) is 3.13. The van der Waals surface area contributed by atoms with Crippen LogP contribution in [-0.2, 0) is 17.4 Å². The Morgan fingerprint density at radius 1 is 1.27 bits per heavy atom. The van der Waals surface area contributed by atoms with E-state index in [9.17, 15) is 18.0 Å². The monoisotopic (exact) mass is 364 g/mol. The minimum atomic E-state index is -4.57. The molecule has 3 N–H and O–H groups in total. The van der Waals surface area contributed by atoms with Gasteiger partial charge in [-0.2, -0.15) is 13.2 Å². The molecule has 0 bridgehead atoms. The van der Waals surface area contributed by atoms with Gasteiger partial charge in [0.15, 0.2) is 0 Å². The number of aryl methyl sites for hydroxylation is 1. The Kier molecular flexibility index (Phi) is 4.41. The second-order valence-electron chi connectivity index (χ2n) is 5.86. The van der Waals surface area contributed by atoms with Crippen molar-refractivity contribution in [2.75, 3.05) is 0 Å². The summed E-state index contributed by atoms with van der Waals surface area (Å²) in [6.45, 7) is 1.37. The highest BCUT2D eigenvalue weighted by molar-refractivity contribution is 5.79. The van der Waals surface area contributed by atoms with E-state index in [2.05, 4.69) is 9.97 Å². The van der Waals surface area contributed by atoms with Crippen LogP contribution < -0.4 is 5.73 Å². The molecule has 136 valence electrons. The minimum Gasteiger partial charge on any atom is -0.480 e. The van der Waals surface area contributed by atoms with Crippen molar-refractivity contribution in [2.24, 2.45) is 5.73 Å². The highest BCUT2D eigenvalue weighted by Gasteiger charge is 2.36. The lowest BCUT2D eigenvalue weighted by atomic mass is 10.0. The first-order valence-corrected chi connectivity index (χ1v) is 7.66. The highest BCUT2D eigenvalue weighted by atomic mass is 19.4. The molecule has 3 aromatic rings. The molecular formula is C17H15F3N4O2. The molecule has 0 fully saturated rings. The van der Waals surface area contributed by atoms with Crippen molar-refractivity contribution in [1.29, 1.82) is 0 Å². The Hall–Kier alpha value is -2.94. The van der Waals surface area contributed by atoms with Crippen molar-refractivity contribution >= 4 is 11.6 Å². The van der Waals surface area contributed by atoms with E-state index in [0.717, 1.165) is 0 Å². The minimum absolute atomic E-state index is 0.00977. The van der Waals surface area contributed by atoms with Gasteiger partial charge in [0.05, 0.1) is 11.3 Å². The molecule has 0 radical (unpaired) electrons. The topological polar surface area (TPSA) is 93.5 Å². The van der Waals surface area contributed by atoms with Gasteiger partial charge in [-0.25, -0.2) is 4.98 Å². The third-order valence-corrected chi connectivity index (χ3v) is 4.08. The Morgan fingerprint density at radius 3 is 2.65 bits per heavy atom. The van der Waals surface area contributed by atoms with Gasteiger partial charge in [-0.1, -0.05) is 0 Å². The zero-order chi connectivity index (χ0) is 19.1. The summed E-state index contributed by atoms with van der Waals surface area (Å²) in [5.41, 5.74) is 5.57. The van der Waals surface area contributed by atoms with Gasteiger partial charge in [0.1, 0.15) is 11.7 Å². The average Bonchev–Trinajstić information content (AvgIpc) is 3.03. The zero-order valence-corrected chi connectivity index (χ0v) is 13.7. The Labute approximate surface area is 146 Å². The van der Waals surface area contributed by atoms with Crippen LogP contribution in [0.1, 0.15) is 16.8 Å². The lowest BCUT2D eigenvalue weighted by molar-refractivity contribution is -0.139. The molecule has 26 heavy (non-hydrogen) atoms. The van der Waals surface area contributed by atoms with Crippen molar-refractivity contribution < 1.29 is 23.1 Å². The molecule has 0 saturated heterocycles. The van der Waals surface area contributed by atoms with E-state index in [0.29, 0.717) is 5.69 Å². The molecule has 0 aromatic carbocycles. The number of carbonyl (C=O) groups is 1. The van der Waals surface area contributed by atoms with Gasteiger partial charge in [-0.15, -0.1) is 0 Å². The van der Waals surface area contributed by atoms with Crippen LogP contribution in [-0.4, -0.2) is 31.5 Å². The maximum absolute atomic E-state index is 13.5. The molecule has 0 aliphatic rings. The normalized spacial score (nSPS) is 13.1. The van der Waals surface area contributed by atoms with E-state index in [1.165, 1.54) is 41.9 Å². The summed E-state index contributed by atoms with van der Waals surface area (Å²) >= 11 is 0. The Bertz CT molecular complexity index is 982. The fraction of sp³-hybridized carbons (Fsp3) is 0.235. The second kappa shape index (κ2) is 6.41. The summed E-state index contributed by atoms with van der Waals surface area (Å²) in [5, 5.41) is 8.97. The van der Waals surface area contributed by atoms with Crippen LogP contribution in [0.4, 0.5) is 13.2 Å². The van der Waals surface area contributed by atoms with Gasteiger partial charge in [-0.3, -0.25) is 9.78 Å². The van der Waals surface area contributed by atoms with Crippen LogP contribution >= 0.6 is 0 Å². The molecule has 1 atom stereocenters. The number of halogens is 3. The molecule has 0 unspecified atom stereocenters. The number of imidazole rings is 1. The fourth-order valence-electron chi connectivity index (χ4n) is 2.85. The number of pyridine rings is 2. The Morgan fingerprint density at radius 2 is 2.00 bits per heavy atom. The number of fused-ring (bicyclic) bond motifs is 1. The predicted molar refractivity (Wildman–Crippen MR) is 87.5 cm³/mol. The SMILES string of the molecule is Cc1ccnc(-c2ccc(C[C@H](N)C(=O)O)n3ccnc23)c1C(F)(F)F. The summed E-state index contributed by atoms with van der Waals surface area (Å²) in [6, 6.07) is 3.17. The molecule has 0 spiro atoms. The third-order valence-electron chi connectivity index (χ3n) is 4.08. The summed E-state index contributed by atoms with van der Waals surface area (Å²) in [4.78, 5) is 19.0. The number of rotatable bonds is 4. The number of aromatic nitrogens is 3. The quantitative estimate of drug-likeness (QED) is 0.742. The van der Waals surface area contributed by atoms with Crippen molar-refractivity contribution in [1.82, 2.24) is 14.4 Å². The van der Waals surface area contributed by atoms with Crippen LogP contribution in [0.25, 0.3) is 16.9 Å². The van der Waals surface area contributed by atoms with Crippen LogP contribution in [0.2, 0.25) is 0 Å². The van der Waals surface area contributed by atoms with Gasteiger partial charge in [0, 0.05) is 36.3 Å². The van der Waals surface area contributed by atoms with E-state index in [1.54, 1.807) is 6.20 Å². The fourth-order valence-corrected chi connectivity index (χ4v) is 2.85. The zero-order valence-electron chi connectivity index (χ0n) is 13.7. The van der Waals surface area contributed by atoms with Crippen molar-refractivity contribution in [3.63, 3.8) is 0 Å². The van der Waals surface area contributed by atoms with E-state index in [-0.39, 0.29) is 28.9 Å². The standard InChI is InChI=1S/C17H15F3N4O2/c1-9-4-5-22-14(13(9)17(18,19)20)11-3-2-10(8-12(21)16(25)26)24-7-6-23-15(11)24/h2-7,12H,8,21H2,1H3,(H,25,26)/t12-/m0/s1. The molecule has 0 amide bonds. The summed E-state index contributed by atoms with van der Waals surface area (Å²) in [5.74, 6) is -1.16. The maximum Gasteiger partial charge on any atom is 0.418 e. The first-order chi connectivity index (χ1) is 12.2. The smallest absolute Gasteiger partial charge is 0.418 e. The number of hydrogen-bond acceptors (Lipinski definition) is 4. The van der Waals surface area contributed by atoms with Gasteiger partial charge in [0.2, 0.25) is 0 Å². The first kappa shape index (κ1) is 17.9. The molecule has 0 saturated carbocycles. The highest BCUT2D eigenvalue weighted by Crippen LogP contribution is 2.39. The lowest BCUT2D eigenvalue weighted by Crippen LogP contribution is -2.32. The van der Waals surface area contributed by atoms with Crippen LogP contribution in [0.5, 0.6) is 0 Å². The molecule has 0 aliphatic carbocycles. The number of nitrogens with zero attached hydrogens (tertiary/aromatic N) is 3. The summed E-state index contributed by atoms with van der Waals surface area (Å²) < 4.78 is 42.1. The van der Waals surface area contributed by atoms with E-state index >= 15 is 0 Å². The van der Waals surface area contributed by atoms with Crippen LogP contribution in [0, 0.1) is 6.92 Å². The number of hydrogen-bond donors (Lipinski definition) is 2. The second-order valence-corrected chi connectivity index (χ2v) is 5.86. The van der Waals surface area contributed by atoms with Crippen molar-refractivity contribution in [2.45, 2.75) is 25.6 Å². The Balaban J connectivity index is 2.19. The van der Waals surface area contributed by atoms with E-state index < -0.39 is 23.8 Å². The van der Waals surface area contributed by atoms with Crippen molar-refractivity contribution in [3.05, 3.63) is 53.6 Å². The number of carboxylic acid groups (broad SMARTS) is 1. The molecule has 3 aromatic heterocycles.